The molecule has 45 heavy (non-hydrogen) atoms. The molecule has 0 radical (unpaired) electrons. The van der Waals surface area contributed by atoms with Crippen LogP contribution in [0.5, 0.6) is 0 Å². The van der Waals surface area contributed by atoms with Crippen molar-refractivity contribution in [3.05, 3.63) is 71.2 Å². The third-order valence-electron chi connectivity index (χ3n) is 9.57. The maximum atomic E-state index is 14.3. The van der Waals surface area contributed by atoms with Gasteiger partial charge < -0.3 is 14.5 Å². The van der Waals surface area contributed by atoms with Gasteiger partial charge in [-0.15, -0.1) is 0 Å². The average Bonchev–Trinajstić information content (AvgIpc) is 3.47. The van der Waals surface area contributed by atoms with Gasteiger partial charge in [0.25, 0.3) is 6.43 Å². The summed E-state index contributed by atoms with van der Waals surface area (Å²) in [5, 5.41) is 4.27. The molecule has 1 saturated carbocycles. The summed E-state index contributed by atoms with van der Waals surface area (Å²) >= 11 is 7.43. The van der Waals surface area contributed by atoms with Gasteiger partial charge in [-0.1, -0.05) is 48.0 Å². The molecule has 2 atom stereocenters. The van der Waals surface area contributed by atoms with Gasteiger partial charge in [0.1, 0.15) is 16.3 Å². The minimum atomic E-state index is -2.88. The standard InChI is InChI=1S/C33H40ClF4N5O2/c1-2-45-31(44)27-20-39-43(29(27)30(35)36)25-9-6-12-41(22-25)28-19-32(34,11-10-26(28)24-7-4-3-5-8-24)42-15-13-40(14-16-42)21-23-17-33(37,38)18-23/h3-5,7-8,10-11,20,23,25,30H,2,6,9,12-19,21-22H2,1H3. The maximum absolute atomic E-state index is 14.3. The minimum Gasteiger partial charge on any atom is -0.462 e. The zero-order valence-electron chi connectivity index (χ0n) is 25.5. The lowest BCUT2D eigenvalue weighted by atomic mass is 9.81. The Kier molecular flexibility index (Phi) is 9.32. The first-order valence-corrected chi connectivity index (χ1v) is 16.2. The Hall–Kier alpha value is -2.89. The van der Waals surface area contributed by atoms with Gasteiger partial charge in [0.2, 0.25) is 5.92 Å². The lowest BCUT2D eigenvalue weighted by molar-refractivity contribution is -0.118. The molecular formula is C33H40ClF4N5O2. The monoisotopic (exact) mass is 649 g/mol. The van der Waals surface area contributed by atoms with Crippen molar-refractivity contribution in [1.29, 1.82) is 0 Å². The first-order chi connectivity index (χ1) is 21.6. The van der Waals surface area contributed by atoms with E-state index in [0.717, 1.165) is 56.0 Å². The van der Waals surface area contributed by atoms with E-state index in [4.69, 9.17) is 16.3 Å². The number of esters is 1. The number of allylic oxidation sites excluding steroid dienone is 2. The highest BCUT2D eigenvalue weighted by molar-refractivity contribution is 6.25. The molecule has 3 heterocycles. The van der Waals surface area contributed by atoms with Crippen LogP contribution >= 0.6 is 11.6 Å². The fourth-order valence-corrected chi connectivity index (χ4v) is 7.66. The van der Waals surface area contributed by atoms with Crippen molar-refractivity contribution in [2.24, 2.45) is 5.92 Å². The molecule has 2 unspecified atom stereocenters. The Morgan fingerprint density at radius 1 is 1.11 bits per heavy atom. The van der Waals surface area contributed by atoms with Gasteiger partial charge in [0, 0.05) is 76.3 Å². The summed E-state index contributed by atoms with van der Waals surface area (Å²) in [7, 11) is 0. The average molecular weight is 650 g/mol. The summed E-state index contributed by atoms with van der Waals surface area (Å²) in [6.07, 6.45) is 4.31. The predicted molar refractivity (Wildman–Crippen MR) is 164 cm³/mol. The van der Waals surface area contributed by atoms with E-state index in [1.54, 1.807) is 6.92 Å². The van der Waals surface area contributed by atoms with Crippen molar-refractivity contribution in [3.8, 4) is 0 Å². The number of piperazine rings is 1. The van der Waals surface area contributed by atoms with E-state index < -0.39 is 29.0 Å². The van der Waals surface area contributed by atoms with Gasteiger partial charge in [-0.25, -0.2) is 22.4 Å². The number of rotatable bonds is 9. The van der Waals surface area contributed by atoms with Gasteiger partial charge >= 0.3 is 5.97 Å². The summed E-state index contributed by atoms with van der Waals surface area (Å²) in [4.78, 5) is 18.4. The maximum Gasteiger partial charge on any atom is 0.341 e. The summed E-state index contributed by atoms with van der Waals surface area (Å²) in [5.41, 5.74) is 2.52. The summed E-state index contributed by atoms with van der Waals surface area (Å²) in [5.74, 6) is -3.25. The quantitative estimate of drug-likeness (QED) is 0.132. The van der Waals surface area contributed by atoms with Gasteiger partial charge in [-0.3, -0.25) is 9.58 Å². The van der Waals surface area contributed by atoms with Crippen molar-refractivity contribution in [3.63, 3.8) is 0 Å². The van der Waals surface area contributed by atoms with E-state index in [-0.39, 0.29) is 37.0 Å². The molecule has 0 spiro atoms. The highest BCUT2D eigenvalue weighted by atomic mass is 35.5. The molecular weight excluding hydrogens is 610 g/mol. The first-order valence-electron chi connectivity index (χ1n) is 15.9. The van der Waals surface area contributed by atoms with Crippen LogP contribution in [0, 0.1) is 5.92 Å². The molecule has 6 rings (SSSR count). The SMILES string of the molecule is CCOC(=O)c1cnn(C2CCCN(C3=C(c4ccccc4)C=CC(Cl)(N4CCN(CC5CC(F)(F)C5)CC4)C3)C2)c1C(F)F. The molecule has 2 saturated heterocycles. The Balaban J connectivity index is 1.22. The van der Waals surface area contributed by atoms with Crippen LogP contribution in [0.1, 0.15) is 73.1 Å². The van der Waals surface area contributed by atoms with Crippen LogP contribution in [0.2, 0.25) is 0 Å². The third-order valence-corrected chi connectivity index (χ3v) is 10.1. The molecule has 2 aliphatic heterocycles. The number of aromatic nitrogens is 2. The second-order valence-electron chi connectivity index (χ2n) is 12.6. The number of hydrogen-bond acceptors (Lipinski definition) is 6. The topological polar surface area (TPSA) is 53.8 Å². The Labute approximate surface area is 266 Å². The van der Waals surface area contributed by atoms with Crippen molar-refractivity contribution < 1.29 is 27.1 Å². The molecule has 4 aliphatic rings. The Morgan fingerprint density at radius 3 is 2.51 bits per heavy atom. The van der Waals surface area contributed by atoms with Crippen LogP contribution in [0.25, 0.3) is 5.57 Å². The second-order valence-corrected chi connectivity index (χ2v) is 13.3. The fraction of sp³-hybridized carbons (Fsp3) is 0.576. The largest absolute Gasteiger partial charge is 0.462 e. The van der Waals surface area contributed by atoms with Gasteiger partial charge in [-0.2, -0.15) is 5.10 Å². The molecule has 1 aromatic carbocycles. The molecule has 0 N–H and O–H groups in total. The summed E-state index contributed by atoms with van der Waals surface area (Å²) in [6.45, 7) is 6.55. The van der Waals surface area contributed by atoms with E-state index in [2.05, 4.69) is 44.1 Å². The second kappa shape index (κ2) is 13.1. The number of likely N-dealkylation sites (tertiary alicyclic amines) is 1. The lowest BCUT2D eigenvalue weighted by Crippen LogP contribution is -2.56. The molecule has 0 amide bonds. The van der Waals surface area contributed by atoms with E-state index in [0.29, 0.717) is 25.9 Å². The first kappa shape index (κ1) is 32.1. The predicted octanol–water partition coefficient (Wildman–Crippen LogP) is 6.60. The number of halogens is 5. The molecule has 0 bridgehead atoms. The number of benzene rings is 1. The smallest absolute Gasteiger partial charge is 0.341 e. The number of nitrogens with zero attached hydrogens (tertiary/aromatic N) is 5. The highest BCUT2D eigenvalue weighted by Gasteiger charge is 2.46. The Bertz CT molecular complexity index is 1420. The summed E-state index contributed by atoms with van der Waals surface area (Å²) < 4.78 is 61.7. The van der Waals surface area contributed by atoms with Crippen molar-refractivity contribution >= 4 is 23.1 Å². The normalized spacial score (nSPS) is 26.4. The number of piperidine rings is 1. The van der Waals surface area contributed by atoms with Crippen LogP contribution in [0.15, 0.2) is 54.4 Å². The molecule has 1 aromatic heterocycles. The molecule has 7 nitrogen and oxygen atoms in total. The Morgan fingerprint density at radius 2 is 1.84 bits per heavy atom. The summed E-state index contributed by atoms with van der Waals surface area (Å²) in [6, 6.07) is 9.68. The van der Waals surface area contributed by atoms with E-state index >= 15 is 0 Å². The minimum absolute atomic E-state index is 0.0237. The third kappa shape index (κ3) is 6.81. The molecule has 12 heteroatoms. The van der Waals surface area contributed by atoms with Gasteiger partial charge in [0.05, 0.1) is 18.8 Å². The number of carbonyl (C=O) groups is 1. The van der Waals surface area contributed by atoms with Gasteiger partial charge in [-0.05, 0) is 37.3 Å². The van der Waals surface area contributed by atoms with Crippen LogP contribution in [0.3, 0.4) is 0 Å². The zero-order chi connectivity index (χ0) is 31.8. The zero-order valence-corrected chi connectivity index (χ0v) is 26.2. The molecule has 3 fully saturated rings. The van der Waals surface area contributed by atoms with Crippen molar-refractivity contribution in [2.45, 2.75) is 62.4 Å². The van der Waals surface area contributed by atoms with E-state index in [9.17, 15) is 22.4 Å². The number of hydrogen-bond donors (Lipinski definition) is 0. The molecule has 244 valence electrons. The van der Waals surface area contributed by atoms with Crippen LogP contribution < -0.4 is 0 Å². The van der Waals surface area contributed by atoms with Crippen molar-refractivity contribution in [2.75, 3.05) is 52.4 Å². The number of carbonyl (C=O) groups excluding carboxylic acids is 1. The highest BCUT2D eigenvalue weighted by Crippen LogP contribution is 2.44. The van der Waals surface area contributed by atoms with Crippen LogP contribution in [0.4, 0.5) is 17.6 Å². The molecule has 2 aromatic rings. The van der Waals surface area contributed by atoms with Crippen molar-refractivity contribution in [1.82, 2.24) is 24.5 Å². The van der Waals surface area contributed by atoms with E-state index in [1.165, 1.54) is 10.9 Å². The molecule has 2 aliphatic carbocycles. The lowest BCUT2D eigenvalue weighted by Gasteiger charge is -2.48. The van der Waals surface area contributed by atoms with Crippen LogP contribution in [-0.4, -0.2) is 93.8 Å². The van der Waals surface area contributed by atoms with Gasteiger partial charge in [0.15, 0.2) is 0 Å². The van der Waals surface area contributed by atoms with Crippen LogP contribution in [-0.2, 0) is 4.74 Å². The van der Waals surface area contributed by atoms with E-state index in [1.807, 2.05) is 18.2 Å². The number of alkyl halides is 5. The fourth-order valence-electron chi connectivity index (χ4n) is 7.30. The number of ether oxygens (including phenoxy) is 1.